The van der Waals surface area contributed by atoms with Crippen LogP contribution in [-0.2, 0) is 18.3 Å². The third-order valence-corrected chi connectivity index (χ3v) is 5.97. The van der Waals surface area contributed by atoms with Crippen molar-refractivity contribution in [2.24, 2.45) is 13.0 Å². The standard InChI is InChI=1S/C19H16Cl2F2N4O3S/c1-27-16(12(20)8-25-27)11-6-15(31-17(11)21)26-18(28)10(7-24-19(29)30)4-9-2-3-13(22)14(23)5-9/h2-3,5-6,8,10,24H,4,7H2,1H3,(H,26,28)(H,29,30)/t10-/m1/s1. The lowest BCUT2D eigenvalue weighted by atomic mass is 9.98. The number of carbonyl (C=O) groups excluding carboxylic acids is 1. The smallest absolute Gasteiger partial charge is 0.404 e. The molecular formula is C19H16Cl2F2N4O3S. The van der Waals surface area contributed by atoms with E-state index in [1.165, 1.54) is 12.3 Å². The molecule has 3 aromatic rings. The molecule has 0 saturated heterocycles. The Hall–Kier alpha value is -2.69. The van der Waals surface area contributed by atoms with Crippen molar-refractivity contribution in [3.8, 4) is 11.3 Å². The molecule has 0 spiro atoms. The second-order valence-electron chi connectivity index (χ2n) is 6.59. The van der Waals surface area contributed by atoms with Gasteiger partial charge >= 0.3 is 6.09 Å². The fourth-order valence-corrected chi connectivity index (χ4v) is 4.40. The Kier molecular flexibility index (Phi) is 7.14. The molecule has 2 aromatic heterocycles. The molecule has 31 heavy (non-hydrogen) atoms. The molecule has 0 bridgehead atoms. The van der Waals surface area contributed by atoms with Gasteiger partial charge in [0, 0.05) is 19.2 Å². The number of halogens is 4. The van der Waals surface area contributed by atoms with E-state index in [-0.39, 0.29) is 13.0 Å². The Labute approximate surface area is 189 Å². The molecule has 3 rings (SSSR count). The van der Waals surface area contributed by atoms with Crippen molar-refractivity contribution in [3.63, 3.8) is 0 Å². The molecule has 1 atom stereocenters. The van der Waals surface area contributed by atoms with E-state index in [1.54, 1.807) is 17.8 Å². The Morgan fingerprint density at radius 1 is 1.26 bits per heavy atom. The van der Waals surface area contributed by atoms with Crippen LogP contribution < -0.4 is 10.6 Å². The quantitative estimate of drug-likeness (QED) is 0.445. The van der Waals surface area contributed by atoms with Crippen LogP contribution in [0.25, 0.3) is 11.3 Å². The molecule has 3 N–H and O–H groups in total. The van der Waals surface area contributed by atoms with Crippen LogP contribution in [0.4, 0.5) is 18.6 Å². The van der Waals surface area contributed by atoms with Gasteiger partial charge in [-0.15, -0.1) is 11.3 Å². The number of hydrogen-bond donors (Lipinski definition) is 3. The molecule has 2 heterocycles. The molecule has 7 nitrogen and oxygen atoms in total. The number of hydrogen-bond acceptors (Lipinski definition) is 4. The fraction of sp³-hybridized carbons (Fsp3) is 0.211. The van der Waals surface area contributed by atoms with Gasteiger partial charge in [-0.3, -0.25) is 9.48 Å². The molecular weight excluding hydrogens is 473 g/mol. The average molecular weight is 489 g/mol. The molecule has 0 saturated carbocycles. The van der Waals surface area contributed by atoms with Crippen LogP contribution in [0.15, 0.2) is 30.5 Å². The summed E-state index contributed by atoms with van der Waals surface area (Å²) in [5.74, 6) is -3.46. The van der Waals surface area contributed by atoms with Crippen molar-refractivity contribution in [1.29, 1.82) is 0 Å². The van der Waals surface area contributed by atoms with Crippen LogP contribution in [0, 0.1) is 17.6 Å². The summed E-state index contributed by atoms with van der Waals surface area (Å²) in [5.41, 5.74) is 1.50. The second kappa shape index (κ2) is 9.63. The first-order chi connectivity index (χ1) is 14.7. The summed E-state index contributed by atoms with van der Waals surface area (Å²) < 4.78 is 28.6. The van der Waals surface area contributed by atoms with Gasteiger partial charge in [0.1, 0.15) is 4.34 Å². The topological polar surface area (TPSA) is 96.3 Å². The third kappa shape index (κ3) is 5.52. The van der Waals surface area contributed by atoms with Gasteiger partial charge in [0.2, 0.25) is 5.91 Å². The van der Waals surface area contributed by atoms with Crippen LogP contribution >= 0.6 is 34.5 Å². The molecule has 1 aromatic carbocycles. The van der Waals surface area contributed by atoms with Gasteiger partial charge in [-0.05, 0) is 30.2 Å². The van der Waals surface area contributed by atoms with E-state index in [0.29, 0.717) is 31.2 Å². The van der Waals surface area contributed by atoms with Gasteiger partial charge in [0.25, 0.3) is 0 Å². The van der Waals surface area contributed by atoms with Gasteiger partial charge in [-0.1, -0.05) is 29.3 Å². The predicted molar refractivity (Wildman–Crippen MR) is 115 cm³/mol. The Balaban J connectivity index is 1.80. The monoisotopic (exact) mass is 488 g/mol. The van der Waals surface area contributed by atoms with Crippen LogP contribution in [0.2, 0.25) is 9.36 Å². The first-order valence-electron chi connectivity index (χ1n) is 8.84. The number of rotatable bonds is 7. The van der Waals surface area contributed by atoms with Crippen molar-refractivity contribution in [1.82, 2.24) is 15.1 Å². The minimum atomic E-state index is -1.31. The summed E-state index contributed by atoms with van der Waals surface area (Å²) in [4.78, 5) is 23.7. The number of anilines is 1. The molecule has 0 aliphatic rings. The van der Waals surface area contributed by atoms with Gasteiger partial charge in [-0.2, -0.15) is 5.10 Å². The van der Waals surface area contributed by atoms with E-state index >= 15 is 0 Å². The number of nitrogens with zero attached hydrogens (tertiary/aromatic N) is 2. The van der Waals surface area contributed by atoms with E-state index < -0.39 is 29.6 Å². The zero-order valence-electron chi connectivity index (χ0n) is 16.0. The number of carboxylic acid groups (broad SMARTS) is 1. The van der Waals surface area contributed by atoms with Crippen molar-refractivity contribution in [2.75, 3.05) is 11.9 Å². The number of nitrogens with one attached hydrogen (secondary N) is 2. The summed E-state index contributed by atoms with van der Waals surface area (Å²) in [7, 11) is 1.70. The Morgan fingerprint density at radius 2 is 2.00 bits per heavy atom. The van der Waals surface area contributed by atoms with Crippen LogP contribution in [0.5, 0.6) is 0 Å². The van der Waals surface area contributed by atoms with E-state index in [1.807, 2.05) is 0 Å². The van der Waals surface area contributed by atoms with Gasteiger partial charge in [0.15, 0.2) is 11.6 Å². The van der Waals surface area contributed by atoms with Crippen molar-refractivity contribution < 1.29 is 23.5 Å². The molecule has 0 fully saturated rings. The average Bonchev–Trinajstić information content (AvgIpc) is 3.22. The number of amides is 2. The first-order valence-corrected chi connectivity index (χ1v) is 10.4. The number of thiophene rings is 1. The Bertz CT molecular complexity index is 1120. The molecule has 0 radical (unpaired) electrons. The zero-order valence-corrected chi connectivity index (χ0v) is 18.3. The highest BCUT2D eigenvalue weighted by molar-refractivity contribution is 7.20. The molecule has 0 aliphatic carbocycles. The molecule has 0 aliphatic heterocycles. The highest BCUT2D eigenvalue weighted by Crippen LogP contribution is 2.41. The first kappa shape index (κ1) is 23.0. The summed E-state index contributed by atoms with van der Waals surface area (Å²) in [5, 5.41) is 18.6. The number of benzene rings is 1. The van der Waals surface area contributed by atoms with E-state index in [2.05, 4.69) is 15.7 Å². The largest absolute Gasteiger partial charge is 0.465 e. The minimum absolute atomic E-state index is 0.0111. The number of carbonyl (C=O) groups is 2. The van der Waals surface area contributed by atoms with E-state index in [9.17, 15) is 18.4 Å². The number of aryl methyl sites for hydroxylation is 1. The van der Waals surface area contributed by atoms with Crippen molar-refractivity contribution in [3.05, 3.63) is 57.0 Å². The maximum atomic E-state index is 13.5. The molecule has 0 unspecified atom stereocenters. The predicted octanol–water partition coefficient (Wildman–Crippen LogP) is 4.80. The highest BCUT2D eigenvalue weighted by atomic mass is 35.5. The summed E-state index contributed by atoms with van der Waals surface area (Å²) in [6.07, 6.45) is 0.150. The van der Waals surface area contributed by atoms with Crippen LogP contribution in [0.1, 0.15) is 5.56 Å². The maximum absolute atomic E-state index is 13.5. The molecule has 164 valence electrons. The van der Waals surface area contributed by atoms with Crippen molar-refractivity contribution >= 4 is 51.5 Å². The normalized spacial score (nSPS) is 11.9. The van der Waals surface area contributed by atoms with Crippen LogP contribution in [-0.4, -0.2) is 33.4 Å². The summed E-state index contributed by atoms with van der Waals surface area (Å²) in [6.45, 7) is -0.223. The zero-order chi connectivity index (χ0) is 22.7. The lowest BCUT2D eigenvalue weighted by Crippen LogP contribution is -2.36. The van der Waals surface area contributed by atoms with Gasteiger partial charge < -0.3 is 15.7 Å². The SMILES string of the molecule is Cn1ncc(Cl)c1-c1cc(NC(=O)[C@@H](CNC(=O)O)Cc2ccc(F)c(F)c2)sc1Cl. The number of aromatic nitrogens is 2. The molecule has 12 heteroatoms. The minimum Gasteiger partial charge on any atom is -0.465 e. The van der Waals surface area contributed by atoms with E-state index in [4.69, 9.17) is 28.3 Å². The summed E-state index contributed by atoms with van der Waals surface area (Å²) in [6, 6.07) is 4.89. The molecule has 2 amide bonds. The summed E-state index contributed by atoms with van der Waals surface area (Å²) >= 11 is 13.6. The second-order valence-corrected chi connectivity index (χ2v) is 8.65. The fourth-order valence-electron chi connectivity index (χ4n) is 2.95. The van der Waals surface area contributed by atoms with Gasteiger partial charge in [-0.25, -0.2) is 13.6 Å². The highest BCUT2D eigenvalue weighted by Gasteiger charge is 2.23. The third-order valence-electron chi connectivity index (χ3n) is 4.42. The maximum Gasteiger partial charge on any atom is 0.404 e. The van der Waals surface area contributed by atoms with Gasteiger partial charge in [0.05, 0.1) is 27.8 Å². The lowest BCUT2D eigenvalue weighted by molar-refractivity contribution is -0.119. The van der Waals surface area contributed by atoms with Crippen molar-refractivity contribution in [2.45, 2.75) is 6.42 Å². The van der Waals surface area contributed by atoms with E-state index in [0.717, 1.165) is 23.5 Å². The van der Waals surface area contributed by atoms with Crippen LogP contribution in [0.3, 0.4) is 0 Å². The lowest BCUT2D eigenvalue weighted by Gasteiger charge is -2.16. The Morgan fingerprint density at radius 3 is 2.61 bits per heavy atom.